The Bertz CT molecular complexity index is 1380. The summed E-state index contributed by atoms with van der Waals surface area (Å²) >= 11 is 0. The van der Waals surface area contributed by atoms with Gasteiger partial charge in [0.05, 0.1) is 5.69 Å². The van der Waals surface area contributed by atoms with Crippen LogP contribution in [0.25, 0.3) is 44.3 Å². The molecule has 3 aromatic carbocycles. The first kappa shape index (κ1) is 15.6. The van der Waals surface area contributed by atoms with Gasteiger partial charge in [0.15, 0.2) is 0 Å². The van der Waals surface area contributed by atoms with Crippen LogP contribution in [0.2, 0.25) is 0 Å². The highest BCUT2D eigenvalue weighted by atomic mass is 16.3. The molecule has 134 valence electrons. The van der Waals surface area contributed by atoms with E-state index in [0.717, 1.165) is 22.4 Å². The van der Waals surface area contributed by atoms with E-state index in [1.165, 1.54) is 33.0 Å². The van der Waals surface area contributed by atoms with Gasteiger partial charge in [-0.15, -0.1) is 0 Å². The van der Waals surface area contributed by atoms with Crippen molar-refractivity contribution < 1.29 is 4.42 Å². The molecular formula is C26H19NO. The van der Waals surface area contributed by atoms with Crippen molar-refractivity contribution in [3.63, 3.8) is 0 Å². The number of benzene rings is 3. The zero-order valence-electron chi connectivity index (χ0n) is 15.9. The number of pyridine rings is 1. The number of nitrogens with zero attached hydrogens (tertiary/aromatic N) is 1. The molecule has 2 heteroatoms. The van der Waals surface area contributed by atoms with Crippen LogP contribution in [-0.4, -0.2) is 4.98 Å². The number of hydrogen-bond donors (Lipinski definition) is 0. The minimum atomic E-state index is -0.153. The highest BCUT2D eigenvalue weighted by molar-refractivity contribution is 6.09. The van der Waals surface area contributed by atoms with E-state index in [9.17, 15) is 0 Å². The summed E-state index contributed by atoms with van der Waals surface area (Å²) in [4.78, 5) is 4.79. The molecule has 28 heavy (non-hydrogen) atoms. The molecule has 0 atom stereocenters. The molecule has 1 aliphatic carbocycles. The van der Waals surface area contributed by atoms with Gasteiger partial charge in [-0.1, -0.05) is 68.4 Å². The molecule has 6 rings (SSSR count). The zero-order chi connectivity index (χ0) is 18.9. The second-order valence-corrected chi connectivity index (χ2v) is 8.07. The third-order valence-electron chi connectivity index (χ3n) is 6.11. The molecule has 0 radical (unpaired) electrons. The Labute approximate surface area is 163 Å². The largest absolute Gasteiger partial charge is 0.456 e. The summed E-state index contributed by atoms with van der Waals surface area (Å²) in [6, 6.07) is 25.3. The van der Waals surface area contributed by atoms with E-state index in [0.29, 0.717) is 0 Å². The highest BCUT2D eigenvalue weighted by Crippen LogP contribution is 2.52. The van der Waals surface area contributed by atoms with Crippen molar-refractivity contribution >= 4 is 21.9 Å². The summed E-state index contributed by atoms with van der Waals surface area (Å²) in [5.41, 5.74) is 8.98. The fourth-order valence-corrected chi connectivity index (χ4v) is 4.71. The quantitative estimate of drug-likeness (QED) is 0.323. The third-order valence-corrected chi connectivity index (χ3v) is 6.11. The summed E-state index contributed by atoms with van der Waals surface area (Å²) < 4.78 is 6.36. The van der Waals surface area contributed by atoms with Crippen LogP contribution in [0, 0.1) is 0 Å². The van der Waals surface area contributed by atoms with Gasteiger partial charge in [0.2, 0.25) is 0 Å². The van der Waals surface area contributed by atoms with Crippen LogP contribution in [0.1, 0.15) is 25.0 Å². The molecule has 0 fully saturated rings. The summed E-state index contributed by atoms with van der Waals surface area (Å²) in [6.07, 6.45) is 2.05. The molecule has 0 unspecified atom stereocenters. The maximum Gasteiger partial charge on any atom is 0.140 e. The number of rotatable bonds is 1. The number of fused-ring (bicyclic) bond motifs is 7. The van der Waals surface area contributed by atoms with Crippen LogP contribution in [0.3, 0.4) is 0 Å². The Morgan fingerprint density at radius 2 is 1.57 bits per heavy atom. The molecule has 2 heterocycles. The SMILES string of the molecule is CC1(C)c2cnc(-c3ccccc3)cc2-c2ccc3c(oc4ccccc43)c21. The molecule has 2 nitrogen and oxygen atoms in total. The fourth-order valence-electron chi connectivity index (χ4n) is 4.71. The van der Waals surface area contributed by atoms with Gasteiger partial charge in [-0.25, -0.2) is 0 Å². The van der Waals surface area contributed by atoms with Gasteiger partial charge >= 0.3 is 0 Å². The van der Waals surface area contributed by atoms with Crippen molar-refractivity contribution in [2.24, 2.45) is 0 Å². The number of hydrogen-bond acceptors (Lipinski definition) is 2. The van der Waals surface area contributed by atoms with Crippen molar-refractivity contribution in [1.29, 1.82) is 0 Å². The minimum Gasteiger partial charge on any atom is -0.456 e. The summed E-state index contributed by atoms with van der Waals surface area (Å²) in [6.45, 7) is 4.54. The number of para-hydroxylation sites is 1. The number of aromatic nitrogens is 1. The van der Waals surface area contributed by atoms with E-state index in [-0.39, 0.29) is 5.41 Å². The minimum absolute atomic E-state index is 0.153. The van der Waals surface area contributed by atoms with Gasteiger partial charge in [0.25, 0.3) is 0 Å². The first-order valence-corrected chi connectivity index (χ1v) is 9.65. The molecule has 1 aliphatic rings. The van der Waals surface area contributed by atoms with Crippen molar-refractivity contribution in [1.82, 2.24) is 4.98 Å². The molecule has 0 aliphatic heterocycles. The van der Waals surface area contributed by atoms with Gasteiger partial charge in [-0.2, -0.15) is 0 Å². The van der Waals surface area contributed by atoms with Crippen molar-refractivity contribution in [2.45, 2.75) is 19.3 Å². The lowest BCUT2D eigenvalue weighted by atomic mass is 9.82. The predicted molar refractivity (Wildman–Crippen MR) is 115 cm³/mol. The Balaban J connectivity index is 1.67. The molecule has 0 saturated carbocycles. The third kappa shape index (κ3) is 1.95. The lowest BCUT2D eigenvalue weighted by Crippen LogP contribution is -2.15. The lowest BCUT2D eigenvalue weighted by Gasteiger charge is -2.21. The van der Waals surface area contributed by atoms with Crippen LogP contribution < -0.4 is 0 Å². The van der Waals surface area contributed by atoms with Gasteiger partial charge in [-0.05, 0) is 34.9 Å². The van der Waals surface area contributed by atoms with E-state index in [1.807, 2.05) is 24.4 Å². The van der Waals surface area contributed by atoms with E-state index in [1.54, 1.807) is 0 Å². The second-order valence-electron chi connectivity index (χ2n) is 8.07. The molecule has 5 aromatic rings. The van der Waals surface area contributed by atoms with E-state index in [2.05, 4.69) is 68.4 Å². The van der Waals surface area contributed by atoms with Gasteiger partial charge in [0.1, 0.15) is 11.2 Å². The van der Waals surface area contributed by atoms with Crippen LogP contribution >= 0.6 is 0 Å². The average molecular weight is 361 g/mol. The van der Waals surface area contributed by atoms with Gasteiger partial charge in [-0.3, -0.25) is 4.98 Å². The van der Waals surface area contributed by atoms with Gasteiger partial charge in [0, 0.05) is 33.5 Å². The highest BCUT2D eigenvalue weighted by Gasteiger charge is 2.39. The summed E-state index contributed by atoms with van der Waals surface area (Å²) in [5.74, 6) is 0. The average Bonchev–Trinajstić information content (AvgIpc) is 3.21. The van der Waals surface area contributed by atoms with Crippen molar-refractivity contribution in [3.8, 4) is 22.4 Å². The molecule has 0 N–H and O–H groups in total. The molecular weight excluding hydrogens is 342 g/mol. The lowest BCUT2D eigenvalue weighted by molar-refractivity contribution is 0.618. The van der Waals surface area contributed by atoms with Crippen LogP contribution in [0.4, 0.5) is 0 Å². The topological polar surface area (TPSA) is 26.0 Å². The predicted octanol–water partition coefficient (Wildman–Crippen LogP) is 6.95. The Morgan fingerprint density at radius 1 is 0.786 bits per heavy atom. The van der Waals surface area contributed by atoms with Crippen molar-refractivity contribution in [3.05, 3.63) is 90.1 Å². The molecule has 2 aromatic heterocycles. The second kappa shape index (κ2) is 5.32. The normalized spacial score (nSPS) is 14.4. The monoisotopic (exact) mass is 361 g/mol. The molecule has 0 amide bonds. The smallest absolute Gasteiger partial charge is 0.140 e. The van der Waals surface area contributed by atoms with E-state index >= 15 is 0 Å². The Kier molecular flexibility index (Phi) is 2.98. The van der Waals surface area contributed by atoms with Crippen molar-refractivity contribution in [2.75, 3.05) is 0 Å². The summed E-state index contributed by atoms with van der Waals surface area (Å²) in [7, 11) is 0. The van der Waals surface area contributed by atoms with E-state index < -0.39 is 0 Å². The molecule has 0 saturated heterocycles. The molecule has 0 spiro atoms. The van der Waals surface area contributed by atoms with Crippen LogP contribution in [-0.2, 0) is 5.41 Å². The maximum absolute atomic E-state index is 6.36. The van der Waals surface area contributed by atoms with Crippen LogP contribution in [0.5, 0.6) is 0 Å². The van der Waals surface area contributed by atoms with Crippen LogP contribution in [0.15, 0.2) is 83.4 Å². The standard InChI is InChI=1S/C26H19NO/c1-26(2)21-15-27-22(16-8-4-3-5-9-16)14-20(21)18-12-13-19-17-10-6-7-11-23(17)28-25(19)24(18)26/h3-15H,1-2H3. The number of furan rings is 1. The summed E-state index contributed by atoms with van der Waals surface area (Å²) in [5, 5.41) is 2.36. The Hall–Kier alpha value is -3.39. The zero-order valence-corrected chi connectivity index (χ0v) is 15.9. The first-order chi connectivity index (χ1) is 13.6. The first-order valence-electron chi connectivity index (χ1n) is 9.65. The maximum atomic E-state index is 6.36. The van der Waals surface area contributed by atoms with Gasteiger partial charge < -0.3 is 4.42 Å². The fraction of sp³-hybridized carbons (Fsp3) is 0.115. The Morgan fingerprint density at radius 3 is 2.43 bits per heavy atom. The molecule has 0 bridgehead atoms. The van der Waals surface area contributed by atoms with E-state index in [4.69, 9.17) is 9.40 Å².